The molecule has 0 saturated heterocycles. The molecular formula is C20H12F3N5O7. The number of rotatable bonds is 6. The molecule has 3 amide bonds. The number of aromatic nitrogens is 1. The Kier molecular flexibility index (Phi) is 6.89. The molecule has 0 unspecified atom stereocenters. The lowest BCUT2D eigenvalue weighted by atomic mass is 10.1. The minimum atomic E-state index is -4.63. The fourth-order valence-corrected chi connectivity index (χ4v) is 2.70. The van der Waals surface area contributed by atoms with Gasteiger partial charge in [0.2, 0.25) is 11.6 Å². The number of nitrogens with zero attached hydrogens (tertiary/aromatic N) is 3. The summed E-state index contributed by atoms with van der Waals surface area (Å²) >= 11 is 0. The zero-order valence-electron chi connectivity index (χ0n) is 17.1. The molecule has 3 rings (SSSR count). The second-order valence-corrected chi connectivity index (χ2v) is 6.61. The van der Waals surface area contributed by atoms with E-state index in [1.807, 2.05) is 5.32 Å². The molecule has 2 N–H and O–H groups in total. The fourth-order valence-electron chi connectivity index (χ4n) is 2.70. The van der Waals surface area contributed by atoms with Crippen molar-refractivity contribution in [2.24, 2.45) is 0 Å². The van der Waals surface area contributed by atoms with Crippen molar-refractivity contribution < 1.29 is 37.3 Å². The highest BCUT2D eigenvalue weighted by Gasteiger charge is 2.31. The van der Waals surface area contributed by atoms with E-state index >= 15 is 0 Å². The third-order valence-electron chi connectivity index (χ3n) is 4.26. The number of nitro benzene ring substituents is 2. The second kappa shape index (κ2) is 9.82. The fraction of sp³-hybridized carbons (Fsp3) is 0.0500. The summed E-state index contributed by atoms with van der Waals surface area (Å²) in [5, 5.41) is 26.5. The van der Waals surface area contributed by atoms with Crippen LogP contribution in [-0.4, -0.2) is 26.8 Å². The molecule has 0 atom stereocenters. The molecule has 0 bridgehead atoms. The van der Waals surface area contributed by atoms with E-state index in [9.17, 15) is 43.0 Å². The van der Waals surface area contributed by atoms with Gasteiger partial charge in [0.25, 0.3) is 11.6 Å². The number of imide groups is 1. The van der Waals surface area contributed by atoms with Crippen LogP contribution in [-0.2, 0) is 6.18 Å². The van der Waals surface area contributed by atoms with Crippen LogP contribution in [0.3, 0.4) is 0 Å². The molecule has 0 aliphatic carbocycles. The number of nitrogens with one attached hydrogen (secondary N) is 2. The first-order chi connectivity index (χ1) is 16.5. The molecule has 0 saturated carbocycles. The van der Waals surface area contributed by atoms with E-state index in [4.69, 9.17) is 4.74 Å². The Morgan fingerprint density at radius 3 is 2.23 bits per heavy atom. The Bertz CT molecular complexity index is 1310. The summed E-state index contributed by atoms with van der Waals surface area (Å²) in [6.07, 6.45) is -4.13. The van der Waals surface area contributed by atoms with Gasteiger partial charge in [0.05, 0.1) is 15.4 Å². The molecule has 15 heteroatoms. The number of hydrogen-bond acceptors (Lipinski definition) is 8. The molecule has 35 heavy (non-hydrogen) atoms. The van der Waals surface area contributed by atoms with Crippen molar-refractivity contribution in [3.63, 3.8) is 0 Å². The van der Waals surface area contributed by atoms with Crippen LogP contribution in [0.15, 0.2) is 60.8 Å². The quantitative estimate of drug-likeness (QED) is 0.370. The lowest BCUT2D eigenvalue weighted by Crippen LogP contribution is -2.34. The molecule has 0 aliphatic rings. The summed E-state index contributed by atoms with van der Waals surface area (Å²) in [5.74, 6) is -1.82. The number of pyridine rings is 1. The lowest BCUT2D eigenvalue weighted by molar-refractivity contribution is -0.385. The molecule has 2 aromatic carbocycles. The van der Waals surface area contributed by atoms with Gasteiger partial charge in [-0.1, -0.05) is 12.1 Å². The average molecular weight is 491 g/mol. The maximum atomic E-state index is 12.6. The Morgan fingerprint density at radius 1 is 0.943 bits per heavy atom. The van der Waals surface area contributed by atoms with Crippen LogP contribution >= 0.6 is 0 Å². The zero-order valence-corrected chi connectivity index (χ0v) is 17.1. The van der Waals surface area contributed by atoms with Crippen molar-refractivity contribution in [1.29, 1.82) is 0 Å². The SMILES string of the molecule is O=C(NC(=O)c1ccccc1[N+](=O)[O-])Nc1ccc(Oc2ccc(C(F)(F)F)cn2)c([N+](=O)[O-])c1. The second-order valence-electron chi connectivity index (χ2n) is 6.61. The van der Waals surface area contributed by atoms with Gasteiger partial charge in [-0.05, 0) is 24.3 Å². The molecule has 0 fully saturated rings. The predicted octanol–water partition coefficient (Wildman–Crippen LogP) is 4.67. The van der Waals surface area contributed by atoms with Crippen LogP contribution in [0, 0.1) is 20.2 Å². The highest BCUT2D eigenvalue weighted by atomic mass is 19.4. The number of alkyl halides is 3. The van der Waals surface area contributed by atoms with Crippen molar-refractivity contribution in [2.45, 2.75) is 6.18 Å². The molecule has 0 spiro atoms. The number of para-hydroxylation sites is 1. The molecule has 0 aliphatic heterocycles. The number of hydrogen-bond donors (Lipinski definition) is 2. The number of carbonyl (C=O) groups excluding carboxylic acids is 2. The standard InChI is InChI=1S/C20H12F3N5O7/c21-20(22,23)11-5-8-17(24-10-11)35-16-7-6-12(9-15(16)28(33)34)25-19(30)26-18(29)13-3-1-2-4-14(13)27(31)32/h1-10H,(H2,25,26,29,30). The molecular weight excluding hydrogens is 479 g/mol. The minimum Gasteiger partial charge on any atom is -0.432 e. The molecule has 1 heterocycles. The van der Waals surface area contributed by atoms with Gasteiger partial charge in [-0.2, -0.15) is 13.2 Å². The average Bonchev–Trinajstić information content (AvgIpc) is 2.79. The van der Waals surface area contributed by atoms with E-state index in [-0.39, 0.29) is 22.9 Å². The lowest BCUT2D eigenvalue weighted by Gasteiger charge is -2.10. The maximum absolute atomic E-state index is 12.6. The van der Waals surface area contributed by atoms with Crippen molar-refractivity contribution in [2.75, 3.05) is 5.32 Å². The van der Waals surface area contributed by atoms with Gasteiger partial charge < -0.3 is 10.1 Å². The third kappa shape index (κ3) is 6.04. The normalized spacial score (nSPS) is 10.8. The smallest absolute Gasteiger partial charge is 0.417 e. The topological polar surface area (TPSA) is 167 Å². The molecule has 3 aromatic rings. The summed E-state index contributed by atoms with van der Waals surface area (Å²) < 4.78 is 43.1. The number of amides is 3. The van der Waals surface area contributed by atoms with Gasteiger partial charge in [-0.3, -0.25) is 30.3 Å². The Labute approximate surface area is 192 Å². The van der Waals surface area contributed by atoms with E-state index in [2.05, 4.69) is 10.3 Å². The summed E-state index contributed by atoms with van der Waals surface area (Å²) in [6, 6.07) is 8.38. The van der Waals surface area contributed by atoms with Crippen LogP contribution in [0.5, 0.6) is 11.6 Å². The molecule has 1 aromatic heterocycles. The number of carbonyl (C=O) groups is 2. The maximum Gasteiger partial charge on any atom is 0.417 e. The van der Waals surface area contributed by atoms with Gasteiger partial charge in [-0.15, -0.1) is 0 Å². The number of benzene rings is 2. The molecule has 0 radical (unpaired) electrons. The van der Waals surface area contributed by atoms with Crippen LogP contribution in [0.25, 0.3) is 0 Å². The summed E-state index contributed by atoms with van der Waals surface area (Å²) in [7, 11) is 0. The number of nitro groups is 2. The number of ether oxygens (including phenoxy) is 1. The van der Waals surface area contributed by atoms with Crippen LogP contribution < -0.4 is 15.4 Å². The third-order valence-corrected chi connectivity index (χ3v) is 4.26. The number of halogens is 3. The zero-order chi connectivity index (χ0) is 25.8. The monoisotopic (exact) mass is 491 g/mol. The van der Waals surface area contributed by atoms with Gasteiger partial charge >= 0.3 is 17.9 Å². The van der Waals surface area contributed by atoms with Crippen LogP contribution in [0.1, 0.15) is 15.9 Å². The summed E-state index contributed by atoms with van der Waals surface area (Å²) in [6.45, 7) is 0. The Hall–Kier alpha value is -5.08. The van der Waals surface area contributed by atoms with Crippen molar-refractivity contribution in [3.8, 4) is 11.6 Å². The van der Waals surface area contributed by atoms with Crippen LogP contribution in [0.2, 0.25) is 0 Å². The van der Waals surface area contributed by atoms with Crippen molar-refractivity contribution >= 4 is 29.0 Å². The summed E-state index contributed by atoms with van der Waals surface area (Å²) in [4.78, 5) is 48.6. The Balaban J connectivity index is 1.74. The largest absolute Gasteiger partial charge is 0.432 e. The van der Waals surface area contributed by atoms with Crippen molar-refractivity contribution in [3.05, 3.63) is 92.1 Å². The highest BCUT2D eigenvalue weighted by molar-refractivity contribution is 6.09. The van der Waals surface area contributed by atoms with E-state index in [0.29, 0.717) is 12.3 Å². The van der Waals surface area contributed by atoms with E-state index in [1.165, 1.54) is 12.1 Å². The first-order valence-corrected chi connectivity index (χ1v) is 9.31. The van der Waals surface area contributed by atoms with Gasteiger partial charge in [-0.25, -0.2) is 9.78 Å². The van der Waals surface area contributed by atoms with Gasteiger partial charge in [0.15, 0.2) is 0 Å². The summed E-state index contributed by atoms with van der Waals surface area (Å²) in [5.41, 5.74) is -2.79. The predicted molar refractivity (Wildman–Crippen MR) is 112 cm³/mol. The minimum absolute atomic E-state index is 0.155. The first-order valence-electron chi connectivity index (χ1n) is 9.31. The number of urea groups is 1. The van der Waals surface area contributed by atoms with Crippen molar-refractivity contribution in [1.82, 2.24) is 10.3 Å². The highest BCUT2D eigenvalue weighted by Crippen LogP contribution is 2.34. The molecule has 180 valence electrons. The Morgan fingerprint density at radius 2 is 1.63 bits per heavy atom. The molecule has 12 nitrogen and oxygen atoms in total. The van der Waals surface area contributed by atoms with Gasteiger partial charge in [0, 0.05) is 30.1 Å². The van der Waals surface area contributed by atoms with E-state index in [1.54, 1.807) is 0 Å². The van der Waals surface area contributed by atoms with Gasteiger partial charge in [0.1, 0.15) is 5.56 Å². The first kappa shape index (κ1) is 24.6. The van der Waals surface area contributed by atoms with E-state index in [0.717, 1.165) is 36.4 Å². The van der Waals surface area contributed by atoms with E-state index < -0.39 is 44.9 Å². The van der Waals surface area contributed by atoms with Crippen LogP contribution in [0.4, 0.5) is 35.0 Å². The number of anilines is 1.